The van der Waals surface area contributed by atoms with E-state index < -0.39 is 0 Å². The second-order valence-electron chi connectivity index (χ2n) is 16.2. The van der Waals surface area contributed by atoms with Crippen LogP contribution in [0.15, 0.2) is 41.5 Å². The maximum atomic E-state index is 6.68. The summed E-state index contributed by atoms with van der Waals surface area (Å²) in [6.45, 7) is 20.8. The van der Waals surface area contributed by atoms with Crippen molar-refractivity contribution in [2.75, 3.05) is 18.1 Å². The van der Waals surface area contributed by atoms with Gasteiger partial charge in [0, 0.05) is 16.8 Å². The van der Waals surface area contributed by atoms with Gasteiger partial charge in [0.1, 0.15) is 0 Å². The third kappa shape index (κ3) is 5.11. The molecule has 1 aromatic rings. The Bertz CT molecular complexity index is 1180. The van der Waals surface area contributed by atoms with Gasteiger partial charge < -0.3 is 16.2 Å². The van der Waals surface area contributed by atoms with Crippen molar-refractivity contribution in [3.05, 3.63) is 47.1 Å². The zero-order chi connectivity index (χ0) is 29.8. The summed E-state index contributed by atoms with van der Waals surface area (Å²) < 4.78 is 6.68. The largest absolute Gasteiger partial charge is 0.399 e. The van der Waals surface area contributed by atoms with Crippen LogP contribution in [0.1, 0.15) is 119 Å². The van der Waals surface area contributed by atoms with Crippen molar-refractivity contribution in [1.82, 2.24) is 0 Å². The summed E-state index contributed by atoms with van der Waals surface area (Å²) in [6.07, 6.45) is 18.2. The first-order chi connectivity index (χ1) is 19.2. The Morgan fingerprint density at radius 3 is 2.41 bits per heavy atom. The molecule has 1 aromatic carbocycles. The molecule has 0 bridgehead atoms. The number of hydrogen-bond donors (Lipinski definition) is 2. The fraction of sp³-hybridized carbons (Fsp3) is 0.737. The number of nitrogen functional groups attached to an aromatic ring is 2. The van der Waals surface area contributed by atoms with Crippen molar-refractivity contribution >= 4 is 11.4 Å². The molecule has 0 radical (unpaired) electrons. The molecule has 0 spiro atoms. The highest BCUT2D eigenvalue weighted by molar-refractivity contribution is 5.56. The third-order valence-electron chi connectivity index (χ3n) is 13.5. The summed E-state index contributed by atoms with van der Waals surface area (Å²) in [5.41, 5.74) is 19.2. The molecule has 3 heteroatoms. The quantitative estimate of drug-likeness (QED) is 0.246. The highest BCUT2D eigenvalue weighted by atomic mass is 16.5. The van der Waals surface area contributed by atoms with Crippen LogP contribution >= 0.6 is 0 Å². The Hall–Kier alpha value is -1.74. The third-order valence-corrected chi connectivity index (χ3v) is 13.5. The highest BCUT2D eigenvalue weighted by Crippen LogP contribution is 2.73. The molecule has 0 amide bonds. The monoisotopic (exact) mass is 560 g/mol. The fourth-order valence-corrected chi connectivity index (χ4v) is 11.0. The van der Waals surface area contributed by atoms with E-state index >= 15 is 0 Å². The van der Waals surface area contributed by atoms with Gasteiger partial charge in [-0.2, -0.15) is 0 Å². The average molecular weight is 561 g/mol. The molecule has 3 nitrogen and oxygen atoms in total. The second kappa shape index (κ2) is 11.1. The first-order valence-corrected chi connectivity index (χ1v) is 16.8. The van der Waals surface area contributed by atoms with Crippen LogP contribution in [-0.2, 0) is 11.2 Å². The molecule has 41 heavy (non-hydrogen) atoms. The van der Waals surface area contributed by atoms with Gasteiger partial charge in [0.05, 0.1) is 12.7 Å². The van der Waals surface area contributed by atoms with Gasteiger partial charge in [-0.25, -0.2) is 0 Å². The van der Waals surface area contributed by atoms with Crippen LogP contribution in [0, 0.1) is 45.3 Å². The lowest BCUT2D eigenvalue weighted by atomic mass is 9.40. The van der Waals surface area contributed by atoms with Crippen LogP contribution in [0.3, 0.4) is 0 Å². The van der Waals surface area contributed by atoms with E-state index in [9.17, 15) is 0 Å². The molecule has 3 saturated carbocycles. The second-order valence-corrected chi connectivity index (χ2v) is 16.2. The Balaban J connectivity index is 1.31. The number of hydrogen-bond acceptors (Lipinski definition) is 3. The van der Waals surface area contributed by atoms with Crippen LogP contribution in [0.2, 0.25) is 0 Å². The van der Waals surface area contributed by atoms with Crippen molar-refractivity contribution in [3.8, 4) is 0 Å². The molecular weight excluding hydrogens is 500 g/mol. The van der Waals surface area contributed by atoms with Crippen LogP contribution < -0.4 is 11.5 Å². The summed E-state index contributed by atoms with van der Waals surface area (Å²) in [5.74, 6) is 3.30. The topological polar surface area (TPSA) is 61.3 Å². The smallest absolute Gasteiger partial charge is 0.0663 e. The predicted molar refractivity (Wildman–Crippen MR) is 176 cm³/mol. The van der Waals surface area contributed by atoms with Crippen molar-refractivity contribution in [3.63, 3.8) is 0 Å². The number of fused-ring (bicyclic) bond motifs is 5. The molecular formula is C38H60N2O. The SMILES string of the molecule is CC(C)=CCCC(C)C1CCC2(C)C3CC=C4C(C)(C)C(OCCc5ccc(N)cc5N)CCC4(C)C3CCC12C. The lowest BCUT2D eigenvalue weighted by molar-refractivity contribution is -0.130. The predicted octanol–water partition coefficient (Wildman–Crippen LogP) is 9.77. The minimum atomic E-state index is 0.0595. The highest BCUT2D eigenvalue weighted by Gasteiger charge is 2.66. The van der Waals surface area contributed by atoms with Crippen LogP contribution in [0.25, 0.3) is 0 Å². The summed E-state index contributed by atoms with van der Waals surface area (Å²) in [7, 11) is 0. The van der Waals surface area contributed by atoms with Gasteiger partial charge in [-0.3, -0.25) is 0 Å². The molecule has 8 unspecified atom stereocenters. The van der Waals surface area contributed by atoms with E-state index in [1.54, 1.807) is 5.57 Å². The van der Waals surface area contributed by atoms with Crippen molar-refractivity contribution in [2.24, 2.45) is 45.3 Å². The standard InChI is InChI=1S/C38H60N2O/c1-25(2)10-9-11-26(3)29-16-21-38(8)31-14-15-33-35(4,5)34(41-23-19-27-12-13-28(39)24-32(27)40)18-20-36(33,6)30(31)17-22-37(29,38)7/h10,12-13,15,24,26,29-31,34H,9,11,14,16-23,39-40H2,1-8H3. The van der Waals surface area contributed by atoms with Crippen LogP contribution in [-0.4, -0.2) is 12.7 Å². The lowest BCUT2D eigenvalue weighted by Gasteiger charge is -2.65. The van der Waals surface area contributed by atoms with E-state index in [1.165, 1.54) is 56.9 Å². The summed E-state index contributed by atoms with van der Waals surface area (Å²) in [6, 6.07) is 5.86. The first-order valence-electron chi connectivity index (χ1n) is 16.8. The molecule has 3 fully saturated rings. The molecule has 0 aromatic heterocycles. The molecule has 4 aliphatic rings. The Kier molecular flexibility index (Phi) is 8.29. The van der Waals surface area contributed by atoms with E-state index in [2.05, 4.69) is 73.6 Å². The minimum absolute atomic E-state index is 0.0595. The van der Waals surface area contributed by atoms with Gasteiger partial charge >= 0.3 is 0 Å². The summed E-state index contributed by atoms with van der Waals surface area (Å²) >= 11 is 0. The van der Waals surface area contributed by atoms with Crippen molar-refractivity contribution in [1.29, 1.82) is 0 Å². The zero-order valence-corrected chi connectivity index (χ0v) is 27.6. The van der Waals surface area contributed by atoms with Gasteiger partial charge in [0.2, 0.25) is 0 Å². The van der Waals surface area contributed by atoms with Crippen molar-refractivity contribution < 1.29 is 4.74 Å². The lowest BCUT2D eigenvalue weighted by Crippen LogP contribution is -2.58. The normalized spacial score (nSPS) is 38.3. The van der Waals surface area contributed by atoms with Gasteiger partial charge in [-0.05, 0) is 136 Å². The van der Waals surface area contributed by atoms with E-state index in [4.69, 9.17) is 16.2 Å². The summed E-state index contributed by atoms with van der Waals surface area (Å²) in [5, 5.41) is 0. The molecule has 8 atom stereocenters. The molecule has 4 N–H and O–H groups in total. The molecule has 228 valence electrons. The number of rotatable bonds is 8. The Labute approximate surface area is 252 Å². The number of ether oxygens (including phenoxy) is 1. The molecule has 5 rings (SSSR count). The van der Waals surface area contributed by atoms with E-state index in [1.807, 2.05) is 12.1 Å². The molecule has 0 heterocycles. The van der Waals surface area contributed by atoms with Crippen LogP contribution in [0.4, 0.5) is 11.4 Å². The Morgan fingerprint density at radius 1 is 0.976 bits per heavy atom. The van der Waals surface area contributed by atoms with Gasteiger partial charge in [0.25, 0.3) is 0 Å². The number of allylic oxidation sites excluding steroid dienone is 3. The summed E-state index contributed by atoms with van der Waals surface area (Å²) in [4.78, 5) is 0. The molecule has 0 aliphatic heterocycles. The van der Waals surface area contributed by atoms with E-state index in [-0.39, 0.29) is 11.5 Å². The van der Waals surface area contributed by atoms with E-state index in [0.29, 0.717) is 22.9 Å². The fourth-order valence-electron chi connectivity index (χ4n) is 11.0. The van der Waals surface area contributed by atoms with Crippen molar-refractivity contribution in [2.45, 2.75) is 126 Å². The number of benzene rings is 1. The zero-order valence-electron chi connectivity index (χ0n) is 27.6. The maximum absolute atomic E-state index is 6.68. The number of nitrogens with two attached hydrogens (primary N) is 2. The maximum Gasteiger partial charge on any atom is 0.0663 e. The Morgan fingerprint density at radius 2 is 1.71 bits per heavy atom. The molecule has 4 aliphatic carbocycles. The molecule has 0 saturated heterocycles. The van der Waals surface area contributed by atoms with E-state index in [0.717, 1.165) is 53.5 Å². The minimum Gasteiger partial charge on any atom is -0.399 e. The van der Waals surface area contributed by atoms with Gasteiger partial charge in [0.15, 0.2) is 0 Å². The van der Waals surface area contributed by atoms with Gasteiger partial charge in [-0.1, -0.05) is 70.9 Å². The van der Waals surface area contributed by atoms with Gasteiger partial charge in [-0.15, -0.1) is 0 Å². The average Bonchev–Trinajstić information content (AvgIpc) is 3.17. The van der Waals surface area contributed by atoms with Crippen LogP contribution in [0.5, 0.6) is 0 Å². The number of anilines is 2. The first kappa shape index (κ1) is 30.7.